The Morgan fingerprint density at radius 2 is 2.08 bits per heavy atom. The first-order valence-electron chi connectivity index (χ1n) is 4.24. The van der Waals surface area contributed by atoms with Gasteiger partial charge in [-0.15, -0.1) is 6.58 Å². The largest absolute Gasteiger partial charge is 0.334 e. The molecule has 2 N–H and O–H groups in total. The van der Waals surface area contributed by atoms with Crippen LogP contribution >= 0.6 is 0 Å². The summed E-state index contributed by atoms with van der Waals surface area (Å²) in [6.07, 6.45) is 1.91. The van der Waals surface area contributed by atoms with Crippen molar-refractivity contribution in [3.8, 4) is 0 Å². The van der Waals surface area contributed by atoms with E-state index in [0.29, 0.717) is 13.0 Å². The van der Waals surface area contributed by atoms with Gasteiger partial charge in [0.1, 0.15) is 0 Å². The first-order chi connectivity index (χ1) is 6.06. The van der Waals surface area contributed by atoms with Crippen molar-refractivity contribution in [2.45, 2.75) is 20.3 Å². The summed E-state index contributed by atoms with van der Waals surface area (Å²) in [5.74, 6) is 0.00349. The Balaban J connectivity index is 3.65. The fourth-order valence-corrected chi connectivity index (χ4v) is 0.758. The molecule has 0 aromatic carbocycles. The average Bonchev–Trinajstić information content (AvgIpc) is 1.98. The Morgan fingerprint density at radius 1 is 1.46 bits per heavy atom. The van der Waals surface area contributed by atoms with Crippen molar-refractivity contribution in [3.63, 3.8) is 0 Å². The lowest BCUT2D eigenvalue weighted by molar-refractivity contribution is -0.120. The van der Waals surface area contributed by atoms with E-state index in [1.807, 2.05) is 13.8 Å². The van der Waals surface area contributed by atoms with E-state index in [1.54, 1.807) is 6.08 Å². The quantitative estimate of drug-likeness (QED) is 0.641. The fraction of sp³-hybridized carbons (Fsp3) is 0.556. The third kappa shape index (κ3) is 7.05. The van der Waals surface area contributed by atoms with Gasteiger partial charge in [0.2, 0.25) is 5.91 Å². The van der Waals surface area contributed by atoms with Gasteiger partial charge in [-0.05, 0) is 5.92 Å². The number of carbonyl (C=O) groups excluding carboxylic acids is 2. The molecule has 74 valence electrons. The molecule has 0 rings (SSSR count). The summed E-state index contributed by atoms with van der Waals surface area (Å²) in [6, 6.07) is -0.467. The number of hydrogen-bond donors (Lipinski definition) is 2. The molecular weight excluding hydrogens is 168 g/mol. The Kier molecular flexibility index (Phi) is 5.59. The summed E-state index contributed by atoms with van der Waals surface area (Å²) in [7, 11) is 0. The van der Waals surface area contributed by atoms with Gasteiger partial charge in [-0.25, -0.2) is 4.79 Å². The normalized spacial score (nSPS) is 9.46. The van der Waals surface area contributed by atoms with E-state index in [4.69, 9.17) is 0 Å². The number of hydrogen-bond acceptors (Lipinski definition) is 2. The second-order valence-electron chi connectivity index (χ2n) is 3.14. The number of urea groups is 1. The summed E-state index contributed by atoms with van der Waals surface area (Å²) < 4.78 is 0. The van der Waals surface area contributed by atoms with Crippen LogP contribution in [0, 0.1) is 5.92 Å². The molecule has 0 radical (unpaired) electrons. The zero-order valence-electron chi connectivity index (χ0n) is 8.09. The van der Waals surface area contributed by atoms with Crippen molar-refractivity contribution < 1.29 is 9.59 Å². The molecule has 0 fully saturated rings. The Hall–Kier alpha value is -1.32. The molecule has 0 aliphatic heterocycles. The highest BCUT2D eigenvalue weighted by atomic mass is 16.2. The topological polar surface area (TPSA) is 58.2 Å². The second-order valence-corrected chi connectivity index (χ2v) is 3.14. The van der Waals surface area contributed by atoms with Crippen LogP contribution in [-0.2, 0) is 4.79 Å². The summed E-state index contributed by atoms with van der Waals surface area (Å²) in [5.41, 5.74) is 0. The van der Waals surface area contributed by atoms with Crippen LogP contribution in [0.5, 0.6) is 0 Å². The number of nitrogens with one attached hydrogen (secondary N) is 2. The van der Waals surface area contributed by atoms with Crippen LogP contribution in [0.15, 0.2) is 12.7 Å². The fourth-order valence-electron chi connectivity index (χ4n) is 0.758. The molecule has 0 saturated carbocycles. The minimum absolute atomic E-state index is 0.253. The van der Waals surface area contributed by atoms with Crippen molar-refractivity contribution in [2.24, 2.45) is 5.92 Å². The molecule has 4 heteroatoms. The SMILES string of the molecule is C=CCNC(=O)NC(=O)CC(C)C. The Labute approximate surface area is 78.4 Å². The van der Waals surface area contributed by atoms with Gasteiger partial charge in [0.15, 0.2) is 0 Å². The van der Waals surface area contributed by atoms with E-state index in [9.17, 15) is 9.59 Å². The number of carbonyl (C=O) groups is 2. The van der Waals surface area contributed by atoms with Crippen molar-refractivity contribution in [1.29, 1.82) is 0 Å². The highest BCUT2D eigenvalue weighted by molar-refractivity contribution is 5.94. The molecule has 0 saturated heterocycles. The van der Waals surface area contributed by atoms with E-state index in [2.05, 4.69) is 17.2 Å². The summed E-state index contributed by atoms with van der Waals surface area (Å²) in [4.78, 5) is 21.9. The molecule has 4 nitrogen and oxygen atoms in total. The maximum Gasteiger partial charge on any atom is 0.321 e. The molecule has 0 bridgehead atoms. The lowest BCUT2D eigenvalue weighted by Crippen LogP contribution is -2.39. The van der Waals surface area contributed by atoms with Crippen molar-refractivity contribution in [1.82, 2.24) is 10.6 Å². The van der Waals surface area contributed by atoms with Gasteiger partial charge in [0, 0.05) is 13.0 Å². The summed E-state index contributed by atoms with van der Waals surface area (Å²) >= 11 is 0. The highest BCUT2D eigenvalue weighted by Crippen LogP contribution is 1.97. The van der Waals surface area contributed by atoms with Crippen LogP contribution in [0.3, 0.4) is 0 Å². The Morgan fingerprint density at radius 3 is 2.54 bits per heavy atom. The van der Waals surface area contributed by atoms with Gasteiger partial charge in [0.05, 0.1) is 0 Å². The molecule has 0 heterocycles. The van der Waals surface area contributed by atoms with Crippen LogP contribution in [0.25, 0.3) is 0 Å². The molecule has 0 unspecified atom stereocenters. The van der Waals surface area contributed by atoms with E-state index >= 15 is 0 Å². The molecule has 0 atom stereocenters. The van der Waals surface area contributed by atoms with E-state index in [-0.39, 0.29) is 11.8 Å². The van der Waals surface area contributed by atoms with Crippen LogP contribution in [-0.4, -0.2) is 18.5 Å². The van der Waals surface area contributed by atoms with E-state index in [0.717, 1.165) is 0 Å². The van der Waals surface area contributed by atoms with Crippen molar-refractivity contribution in [3.05, 3.63) is 12.7 Å². The second kappa shape index (κ2) is 6.22. The van der Waals surface area contributed by atoms with Crippen LogP contribution in [0.1, 0.15) is 20.3 Å². The zero-order valence-corrected chi connectivity index (χ0v) is 8.09. The lowest BCUT2D eigenvalue weighted by atomic mass is 10.1. The minimum Gasteiger partial charge on any atom is -0.334 e. The summed E-state index contributed by atoms with van der Waals surface area (Å²) in [5, 5.41) is 4.66. The van der Waals surface area contributed by atoms with Gasteiger partial charge in [-0.3, -0.25) is 10.1 Å². The van der Waals surface area contributed by atoms with Crippen molar-refractivity contribution >= 4 is 11.9 Å². The zero-order chi connectivity index (χ0) is 10.3. The third-order valence-electron chi connectivity index (χ3n) is 1.25. The molecule has 0 aliphatic rings. The number of amides is 3. The molecule has 0 spiro atoms. The van der Waals surface area contributed by atoms with Crippen LogP contribution in [0.4, 0.5) is 4.79 Å². The standard InChI is InChI=1S/C9H16N2O2/c1-4-5-10-9(13)11-8(12)6-7(2)3/h4,7H,1,5-6H2,2-3H3,(H2,10,11,12,13). The van der Waals surface area contributed by atoms with E-state index in [1.165, 1.54) is 0 Å². The average molecular weight is 184 g/mol. The number of imide groups is 1. The first-order valence-corrected chi connectivity index (χ1v) is 4.24. The third-order valence-corrected chi connectivity index (χ3v) is 1.25. The monoisotopic (exact) mass is 184 g/mol. The van der Waals surface area contributed by atoms with Gasteiger partial charge < -0.3 is 5.32 Å². The lowest BCUT2D eigenvalue weighted by Gasteiger charge is -2.05. The molecular formula is C9H16N2O2. The molecule has 3 amide bonds. The van der Waals surface area contributed by atoms with Crippen LogP contribution in [0.2, 0.25) is 0 Å². The maximum atomic E-state index is 11.0. The molecule has 13 heavy (non-hydrogen) atoms. The maximum absolute atomic E-state index is 11.0. The van der Waals surface area contributed by atoms with Crippen LogP contribution < -0.4 is 10.6 Å². The summed E-state index contributed by atoms with van der Waals surface area (Å²) in [6.45, 7) is 7.63. The smallest absolute Gasteiger partial charge is 0.321 e. The number of rotatable bonds is 4. The predicted octanol–water partition coefficient (Wildman–Crippen LogP) is 1.04. The van der Waals surface area contributed by atoms with Gasteiger partial charge in [-0.1, -0.05) is 19.9 Å². The highest BCUT2D eigenvalue weighted by Gasteiger charge is 2.07. The van der Waals surface area contributed by atoms with Gasteiger partial charge in [0.25, 0.3) is 0 Å². The predicted molar refractivity (Wildman–Crippen MR) is 51.2 cm³/mol. The van der Waals surface area contributed by atoms with E-state index < -0.39 is 6.03 Å². The van der Waals surface area contributed by atoms with Crippen molar-refractivity contribution in [2.75, 3.05) is 6.54 Å². The molecule has 0 aliphatic carbocycles. The van der Waals surface area contributed by atoms with Gasteiger partial charge >= 0.3 is 6.03 Å². The molecule has 0 aromatic heterocycles. The van der Waals surface area contributed by atoms with Gasteiger partial charge in [-0.2, -0.15) is 0 Å². The first kappa shape index (κ1) is 11.7. The Bertz CT molecular complexity index is 200. The molecule has 0 aromatic rings. The minimum atomic E-state index is -0.467.